The smallest absolute Gasteiger partial charge is 0.164 e. The van der Waals surface area contributed by atoms with E-state index in [1.165, 1.54) is 0 Å². The zero-order valence-electron chi connectivity index (χ0n) is 13.2. The minimum absolute atomic E-state index is 0.0230. The summed E-state index contributed by atoms with van der Waals surface area (Å²) in [6.07, 6.45) is 1.53. The van der Waals surface area contributed by atoms with Gasteiger partial charge in [0.2, 0.25) is 0 Å². The summed E-state index contributed by atoms with van der Waals surface area (Å²) in [4.78, 5) is 0. The van der Waals surface area contributed by atoms with Crippen LogP contribution in [0.25, 0.3) is 0 Å². The molecule has 0 N–H and O–H groups in total. The van der Waals surface area contributed by atoms with Gasteiger partial charge in [-0.05, 0) is 17.7 Å². The average molecular weight is 279 g/mol. The predicted octanol–water partition coefficient (Wildman–Crippen LogP) is 3.40. The number of ether oxygens (including phenoxy) is 2. The Morgan fingerprint density at radius 1 is 1.15 bits per heavy atom. The van der Waals surface area contributed by atoms with Gasteiger partial charge < -0.3 is 14.7 Å². The molecule has 0 radical (unpaired) electrons. The molecule has 0 saturated heterocycles. The van der Waals surface area contributed by atoms with E-state index in [9.17, 15) is 5.21 Å². The van der Waals surface area contributed by atoms with E-state index in [4.69, 9.17) is 9.47 Å². The first kappa shape index (κ1) is 16.5. The van der Waals surface area contributed by atoms with Gasteiger partial charge in [0, 0.05) is 27.9 Å². The third-order valence-corrected chi connectivity index (χ3v) is 3.21. The molecule has 0 aliphatic heterocycles. The van der Waals surface area contributed by atoms with Gasteiger partial charge in [-0.25, -0.2) is 4.74 Å². The second-order valence-corrected chi connectivity index (χ2v) is 5.93. The number of nitrogens with zero attached hydrogens (tertiary/aromatic N) is 1. The molecule has 0 aliphatic carbocycles. The standard InChI is InChI=1S/C16H25NO3/c1-12(11-17(18)16(2,3)4)15(20-6)13-7-9-14(19-5)10-8-13/h7-12,15H,1-6H3/b17-11-/t12-,15-/m1/s1. The molecule has 0 fully saturated rings. The number of hydrogen-bond donors (Lipinski definition) is 0. The van der Waals surface area contributed by atoms with Crippen LogP contribution in [-0.4, -0.2) is 30.7 Å². The summed E-state index contributed by atoms with van der Waals surface area (Å²) in [5.74, 6) is 0.783. The Balaban J connectivity index is 2.94. The Morgan fingerprint density at radius 3 is 2.10 bits per heavy atom. The first-order valence-corrected chi connectivity index (χ1v) is 6.77. The fourth-order valence-corrected chi connectivity index (χ4v) is 1.96. The van der Waals surface area contributed by atoms with E-state index in [1.54, 1.807) is 20.4 Å². The van der Waals surface area contributed by atoms with Crippen LogP contribution < -0.4 is 4.74 Å². The van der Waals surface area contributed by atoms with Crippen LogP contribution in [0.1, 0.15) is 39.4 Å². The lowest BCUT2D eigenvalue weighted by Gasteiger charge is -2.23. The van der Waals surface area contributed by atoms with Gasteiger partial charge in [-0.3, -0.25) is 0 Å². The predicted molar refractivity (Wildman–Crippen MR) is 81.4 cm³/mol. The van der Waals surface area contributed by atoms with Crippen molar-refractivity contribution < 1.29 is 14.2 Å². The zero-order valence-corrected chi connectivity index (χ0v) is 13.2. The Kier molecular flexibility index (Phi) is 5.57. The van der Waals surface area contributed by atoms with Gasteiger partial charge in [0.25, 0.3) is 0 Å². The second-order valence-electron chi connectivity index (χ2n) is 5.93. The molecule has 0 saturated carbocycles. The lowest BCUT2D eigenvalue weighted by molar-refractivity contribution is -0.533. The summed E-state index contributed by atoms with van der Waals surface area (Å²) in [6.45, 7) is 7.64. The van der Waals surface area contributed by atoms with Crippen molar-refractivity contribution in [3.05, 3.63) is 35.0 Å². The molecular weight excluding hydrogens is 254 g/mol. The SMILES string of the molecule is COc1ccc([C@H](OC)[C@H](C)/C=[N+](\[O-])C(C)(C)C)cc1. The van der Waals surface area contributed by atoms with E-state index in [0.29, 0.717) is 0 Å². The number of methoxy groups -OCH3 is 2. The highest BCUT2D eigenvalue weighted by Gasteiger charge is 2.24. The van der Waals surface area contributed by atoms with Gasteiger partial charge in [-0.2, -0.15) is 0 Å². The quantitative estimate of drug-likeness (QED) is 0.359. The van der Waals surface area contributed by atoms with E-state index < -0.39 is 5.54 Å². The number of rotatable bonds is 5. The molecule has 1 rings (SSSR count). The first-order chi connectivity index (χ1) is 9.29. The molecule has 1 aromatic carbocycles. The lowest BCUT2D eigenvalue weighted by Crippen LogP contribution is -2.31. The van der Waals surface area contributed by atoms with Crippen LogP contribution in [0.2, 0.25) is 0 Å². The van der Waals surface area contributed by atoms with Crippen LogP contribution in [0.4, 0.5) is 0 Å². The maximum atomic E-state index is 12.0. The van der Waals surface area contributed by atoms with Crippen LogP contribution in [0, 0.1) is 11.1 Å². The van der Waals surface area contributed by atoms with Gasteiger partial charge in [0.1, 0.15) is 5.75 Å². The molecule has 0 amide bonds. The third-order valence-electron chi connectivity index (χ3n) is 3.21. The van der Waals surface area contributed by atoms with E-state index in [1.807, 2.05) is 52.0 Å². The summed E-state index contributed by atoms with van der Waals surface area (Å²) >= 11 is 0. The summed E-state index contributed by atoms with van der Waals surface area (Å²) in [6, 6.07) is 7.72. The fourth-order valence-electron chi connectivity index (χ4n) is 1.96. The Bertz CT molecular complexity index is 446. The summed E-state index contributed by atoms with van der Waals surface area (Å²) in [5, 5.41) is 12.0. The van der Waals surface area contributed by atoms with Crippen LogP contribution >= 0.6 is 0 Å². The van der Waals surface area contributed by atoms with Crippen molar-refractivity contribution in [3.8, 4) is 5.75 Å². The molecule has 20 heavy (non-hydrogen) atoms. The third kappa shape index (κ3) is 4.23. The number of hydroxylamine groups is 1. The molecule has 0 aromatic heterocycles. The maximum absolute atomic E-state index is 12.0. The Morgan fingerprint density at radius 2 is 1.70 bits per heavy atom. The molecule has 2 atom stereocenters. The van der Waals surface area contributed by atoms with Gasteiger partial charge in [-0.1, -0.05) is 19.1 Å². The molecular formula is C16H25NO3. The van der Waals surface area contributed by atoms with Crippen molar-refractivity contribution in [2.24, 2.45) is 5.92 Å². The van der Waals surface area contributed by atoms with Crippen molar-refractivity contribution >= 4 is 6.21 Å². The molecule has 0 heterocycles. The molecule has 0 spiro atoms. The highest BCUT2D eigenvalue weighted by Crippen LogP contribution is 2.26. The Hall–Kier alpha value is -1.55. The second kappa shape index (κ2) is 6.75. The minimum Gasteiger partial charge on any atom is -0.624 e. The van der Waals surface area contributed by atoms with Crippen molar-refractivity contribution in [2.75, 3.05) is 14.2 Å². The summed E-state index contributed by atoms with van der Waals surface area (Å²) < 4.78 is 11.7. The van der Waals surface area contributed by atoms with E-state index in [-0.39, 0.29) is 12.0 Å². The van der Waals surface area contributed by atoms with E-state index in [2.05, 4.69) is 0 Å². The molecule has 4 nitrogen and oxygen atoms in total. The molecule has 4 heteroatoms. The topological polar surface area (TPSA) is 44.5 Å². The molecule has 0 aliphatic rings. The van der Waals surface area contributed by atoms with Crippen molar-refractivity contribution in [3.63, 3.8) is 0 Å². The molecule has 0 bridgehead atoms. The fraction of sp³-hybridized carbons (Fsp3) is 0.562. The first-order valence-electron chi connectivity index (χ1n) is 6.77. The monoisotopic (exact) mass is 279 g/mol. The van der Waals surface area contributed by atoms with Crippen LogP contribution in [-0.2, 0) is 4.74 Å². The van der Waals surface area contributed by atoms with Crippen molar-refractivity contribution in [1.29, 1.82) is 0 Å². The summed E-state index contributed by atoms with van der Waals surface area (Å²) in [5.41, 5.74) is 0.589. The highest BCUT2D eigenvalue weighted by molar-refractivity contribution is 5.56. The van der Waals surface area contributed by atoms with Gasteiger partial charge in [-0.15, -0.1) is 0 Å². The maximum Gasteiger partial charge on any atom is 0.164 e. The Labute approximate surface area is 121 Å². The molecule has 112 valence electrons. The lowest BCUT2D eigenvalue weighted by atomic mass is 9.97. The van der Waals surface area contributed by atoms with Crippen LogP contribution in [0.5, 0.6) is 5.75 Å². The van der Waals surface area contributed by atoms with Gasteiger partial charge in [0.05, 0.1) is 19.1 Å². The number of hydrogen-bond acceptors (Lipinski definition) is 3. The summed E-state index contributed by atoms with van der Waals surface area (Å²) in [7, 11) is 3.29. The van der Waals surface area contributed by atoms with E-state index >= 15 is 0 Å². The normalized spacial score (nSPS) is 15.8. The zero-order chi connectivity index (χ0) is 15.3. The number of benzene rings is 1. The minimum atomic E-state index is -0.438. The van der Waals surface area contributed by atoms with E-state index in [0.717, 1.165) is 16.1 Å². The average Bonchev–Trinajstić information content (AvgIpc) is 2.39. The largest absolute Gasteiger partial charge is 0.624 e. The van der Waals surface area contributed by atoms with Crippen LogP contribution in [0.3, 0.4) is 0 Å². The van der Waals surface area contributed by atoms with Crippen LogP contribution in [0.15, 0.2) is 24.3 Å². The van der Waals surface area contributed by atoms with Gasteiger partial charge in [0.15, 0.2) is 11.8 Å². The molecule has 1 aromatic rings. The highest BCUT2D eigenvalue weighted by atomic mass is 16.5. The molecule has 0 unspecified atom stereocenters. The van der Waals surface area contributed by atoms with Gasteiger partial charge >= 0.3 is 0 Å². The van der Waals surface area contributed by atoms with Crippen molar-refractivity contribution in [2.45, 2.75) is 39.3 Å². The van der Waals surface area contributed by atoms with Crippen molar-refractivity contribution in [1.82, 2.24) is 0 Å².